The second-order valence-electron chi connectivity index (χ2n) is 3.68. The van der Waals surface area contributed by atoms with Gasteiger partial charge in [0.2, 0.25) is 0 Å². The van der Waals surface area contributed by atoms with Gasteiger partial charge in [0.15, 0.2) is 0 Å². The fraction of sp³-hybridized carbons (Fsp3) is 0.455. The summed E-state index contributed by atoms with van der Waals surface area (Å²) in [6, 6.07) is 3.91. The molecule has 1 unspecified atom stereocenters. The Kier molecular flexibility index (Phi) is 3.29. The molecule has 82 valence electrons. The zero-order valence-electron chi connectivity index (χ0n) is 8.37. The predicted octanol–water partition coefficient (Wildman–Crippen LogP) is 1.77. The molecule has 1 atom stereocenters. The number of aliphatic hydroxyl groups is 1. The van der Waals surface area contributed by atoms with Gasteiger partial charge in [0.05, 0.1) is 17.2 Å². The van der Waals surface area contributed by atoms with Crippen LogP contribution in [0.1, 0.15) is 23.7 Å². The monoisotopic (exact) mass is 271 g/mol. The van der Waals surface area contributed by atoms with Crippen LogP contribution in [-0.2, 0) is 6.42 Å². The molecule has 2 rings (SSSR count). The number of fused-ring (bicyclic) bond motifs is 1. The van der Waals surface area contributed by atoms with E-state index >= 15 is 0 Å². The highest BCUT2D eigenvalue weighted by Gasteiger charge is 2.18. The summed E-state index contributed by atoms with van der Waals surface area (Å²) in [7, 11) is 0. The van der Waals surface area contributed by atoms with Crippen LogP contribution in [0, 0.1) is 0 Å². The topological polar surface area (TPSA) is 55.5 Å². The minimum absolute atomic E-state index is 0.475. The summed E-state index contributed by atoms with van der Waals surface area (Å²) in [5.41, 5.74) is 7.50. The van der Waals surface area contributed by atoms with E-state index in [2.05, 4.69) is 15.9 Å². The third-order valence-electron chi connectivity index (χ3n) is 2.59. The molecule has 15 heavy (non-hydrogen) atoms. The fourth-order valence-electron chi connectivity index (χ4n) is 1.80. The van der Waals surface area contributed by atoms with Crippen molar-refractivity contribution in [3.63, 3.8) is 0 Å². The minimum atomic E-state index is -0.475. The van der Waals surface area contributed by atoms with Crippen molar-refractivity contribution in [2.45, 2.75) is 18.9 Å². The lowest BCUT2D eigenvalue weighted by Gasteiger charge is -2.12. The second kappa shape index (κ2) is 4.51. The Morgan fingerprint density at radius 3 is 3.07 bits per heavy atom. The van der Waals surface area contributed by atoms with Crippen LogP contribution >= 0.6 is 15.9 Å². The van der Waals surface area contributed by atoms with Gasteiger partial charge in [0.25, 0.3) is 0 Å². The van der Waals surface area contributed by atoms with Crippen LogP contribution in [0.5, 0.6) is 5.75 Å². The van der Waals surface area contributed by atoms with Gasteiger partial charge in [-0.2, -0.15) is 0 Å². The molecule has 0 saturated heterocycles. The van der Waals surface area contributed by atoms with Gasteiger partial charge in [-0.15, -0.1) is 0 Å². The second-order valence-corrected chi connectivity index (χ2v) is 4.54. The van der Waals surface area contributed by atoms with Crippen LogP contribution in [0.4, 0.5) is 0 Å². The molecule has 4 heteroatoms. The van der Waals surface area contributed by atoms with Gasteiger partial charge in [-0.25, -0.2) is 0 Å². The molecule has 1 aromatic rings. The maximum absolute atomic E-state index is 9.83. The van der Waals surface area contributed by atoms with Gasteiger partial charge < -0.3 is 15.6 Å². The quantitative estimate of drug-likeness (QED) is 0.881. The highest BCUT2D eigenvalue weighted by molar-refractivity contribution is 9.10. The molecule has 0 bridgehead atoms. The first-order chi connectivity index (χ1) is 7.22. The van der Waals surface area contributed by atoms with E-state index in [0.717, 1.165) is 34.4 Å². The lowest BCUT2D eigenvalue weighted by Crippen LogP contribution is -2.07. The van der Waals surface area contributed by atoms with Crippen molar-refractivity contribution in [1.29, 1.82) is 0 Å². The average Bonchev–Trinajstić information content (AvgIpc) is 2.66. The summed E-state index contributed by atoms with van der Waals surface area (Å²) in [6.07, 6.45) is 1.03. The van der Waals surface area contributed by atoms with E-state index < -0.39 is 6.10 Å². The largest absolute Gasteiger partial charge is 0.492 e. The zero-order valence-corrected chi connectivity index (χ0v) is 9.96. The number of hydrogen-bond donors (Lipinski definition) is 2. The summed E-state index contributed by atoms with van der Waals surface area (Å²) in [4.78, 5) is 0. The minimum Gasteiger partial charge on any atom is -0.492 e. The molecule has 0 saturated carbocycles. The van der Waals surface area contributed by atoms with Gasteiger partial charge in [-0.05, 0) is 52.2 Å². The van der Waals surface area contributed by atoms with Crippen molar-refractivity contribution in [2.24, 2.45) is 5.73 Å². The summed E-state index contributed by atoms with van der Waals surface area (Å²) in [5.74, 6) is 0.915. The van der Waals surface area contributed by atoms with E-state index in [9.17, 15) is 5.11 Å². The molecule has 0 spiro atoms. The van der Waals surface area contributed by atoms with E-state index in [1.54, 1.807) is 0 Å². The predicted molar refractivity (Wildman–Crippen MR) is 62.0 cm³/mol. The number of aliphatic hydroxyl groups excluding tert-OH is 1. The van der Waals surface area contributed by atoms with E-state index in [4.69, 9.17) is 10.5 Å². The maximum atomic E-state index is 9.83. The normalized spacial score (nSPS) is 15.9. The van der Waals surface area contributed by atoms with E-state index in [-0.39, 0.29) is 0 Å². The van der Waals surface area contributed by atoms with Gasteiger partial charge in [0.1, 0.15) is 5.75 Å². The van der Waals surface area contributed by atoms with Crippen molar-refractivity contribution in [2.75, 3.05) is 13.2 Å². The van der Waals surface area contributed by atoms with Crippen molar-refractivity contribution < 1.29 is 9.84 Å². The smallest absolute Gasteiger partial charge is 0.136 e. The van der Waals surface area contributed by atoms with Crippen LogP contribution in [0.25, 0.3) is 0 Å². The molecule has 1 aliphatic rings. The molecule has 0 radical (unpaired) electrons. The lowest BCUT2D eigenvalue weighted by atomic mass is 10.0. The van der Waals surface area contributed by atoms with Gasteiger partial charge in [-0.1, -0.05) is 0 Å². The number of rotatable bonds is 3. The third-order valence-corrected chi connectivity index (χ3v) is 3.17. The molecule has 0 aromatic heterocycles. The van der Waals surface area contributed by atoms with Crippen LogP contribution in [0.2, 0.25) is 0 Å². The first-order valence-electron chi connectivity index (χ1n) is 5.05. The van der Waals surface area contributed by atoms with Crippen LogP contribution in [-0.4, -0.2) is 18.3 Å². The average molecular weight is 272 g/mol. The Bertz CT molecular complexity index is 368. The van der Waals surface area contributed by atoms with Crippen LogP contribution < -0.4 is 10.5 Å². The van der Waals surface area contributed by atoms with Crippen molar-refractivity contribution >= 4 is 15.9 Å². The van der Waals surface area contributed by atoms with E-state index in [0.29, 0.717) is 13.0 Å². The standard InChI is InChI=1S/C11H14BrNO2/c12-9-6-8(10(14)1-3-13)5-7-2-4-15-11(7)9/h5-6,10,14H,1-4,13H2. The van der Waals surface area contributed by atoms with Crippen molar-refractivity contribution in [3.8, 4) is 5.75 Å². The molecule has 1 aliphatic heterocycles. The fourth-order valence-corrected chi connectivity index (χ4v) is 2.43. The Morgan fingerprint density at radius 2 is 2.33 bits per heavy atom. The highest BCUT2D eigenvalue weighted by atomic mass is 79.9. The molecular weight excluding hydrogens is 258 g/mol. The maximum Gasteiger partial charge on any atom is 0.136 e. The molecule has 1 heterocycles. The number of halogens is 1. The van der Waals surface area contributed by atoms with Crippen LogP contribution in [0.3, 0.4) is 0 Å². The number of nitrogens with two attached hydrogens (primary N) is 1. The zero-order chi connectivity index (χ0) is 10.8. The summed E-state index contributed by atoms with van der Waals surface area (Å²) in [6.45, 7) is 1.22. The number of hydrogen-bond acceptors (Lipinski definition) is 3. The summed E-state index contributed by atoms with van der Waals surface area (Å²) >= 11 is 3.45. The molecule has 0 fully saturated rings. The lowest BCUT2D eigenvalue weighted by molar-refractivity contribution is 0.170. The molecule has 0 amide bonds. The van der Waals surface area contributed by atoms with Gasteiger partial charge in [-0.3, -0.25) is 0 Å². The van der Waals surface area contributed by atoms with Crippen molar-refractivity contribution in [1.82, 2.24) is 0 Å². The summed E-state index contributed by atoms with van der Waals surface area (Å²) in [5, 5.41) is 9.83. The Labute approximate surface area is 97.4 Å². The van der Waals surface area contributed by atoms with Gasteiger partial charge >= 0.3 is 0 Å². The Balaban J connectivity index is 2.30. The molecule has 0 aliphatic carbocycles. The van der Waals surface area contributed by atoms with Crippen molar-refractivity contribution in [3.05, 3.63) is 27.7 Å². The third kappa shape index (κ3) is 2.17. The number of benzene rings is 1. The molecular formula is C11H14BrNO2. The molecule has 3 N–H and O–H groups in total. The Hall–Kier alpha value is -0.580. The SMILES string of the molecule is NCCC(O)c1cc(Br)c2c(c1)CCO2. The first-order valence-corrected chi connectivity index (χ1v) is 5.85. The number of ether oxygens (including phenoxy) is 1. The highest BCUT2D eigenvalue weighted by Crippen LogP contribution is 2.36. The van der Waals surface area contributed by atoms with E-state index in [1.807, 2.05) is 12.1 Å². The Morgan fingerprint density at radius 1 is 1.53 bits per heavy atom. The molecule has 3 nitrogen and oxygen atoms in total. The summed E-state index contributed by atoms with van der Waals surface area (Å²) < 4.78 is 6.39. The molecule has 1 aromatic carbocycles. The van der Waals surface area contributed by atoms with E-state index in [1.165, 1.54) is 0 Å². The van der Waals surface area contributed by atoms with Gasteiger partial charge in [0, 0.05) is 6.42 Å². The van der Waals surface area contributed by atoms with Crippen LogP contribution in [0.15, 0.2) is 16.6 Å². The first kappa shape index (κ1) is 10.9.